The molecule has 0 saturated carbocycles. The fourth-order valence-corrected chi connectivity index (χ4v) is 2.99. The minimum Gasteiger partial charge on any atom is -0.380 e. The Morgan fingerprint density at radius 1 is 1.14 bits per heavy atom. The molecule has 2 rings (SSSR count). The third-order valence-corrected chi connectivity index (χ3v) is 4.27. The first kappa shape index (κ1) is 16.1. The van der Waals surface area contributed by atoms with Gasteiger partial charge in [0.05, 0.1) is 5.69 Å². The second-order valence-corrected chi connectivity index (χ2v) is 5.86. The molecule has 1 aliphatic rings. The molecule has 0 amide bonds. The highest BCUT2D eigenvalue weighted by molar-refractivity contribution is 5.46. The third kappa shape index (κ3) is 4.13. The van der Waals surface area contributed by atoms with Crippen LogP contribution in [0.25, 0.3) is 0 Å². The van der Waals surface area contributed by atoms with Crippen molar-refractivity contribution in [3.05, 3.63) is 29.6 Å². The van der Waals surface area contributed by atoms with Crippen LogP contribution in [0.1, 0.15) is 33.1 Å². The molecule has 0 aliphatic carbocycles. The summed E-state index contributed by atoms with van der Waals surface area (Å²) < 4.78 is 39.8. The van der Waals surface area contributed by atoms with Gasteiger partial charge in [0.25, 0.3) is 0 Å². The number of rotatable bonds is 5. The molecular weight excluding hydrogens is 277 g/mol. The summed E-state index contributed by atoms with van der Waals surface area (Å²) in [6.45, 7) is 7.35. The number of hydrogen-bond donors (Lipinski definition) is 1. The van der Waals surface area contributed by atoms with E-state index in [1.807, 2.05) is 6.92 Å². The Morgan fingerprint density at radius 2 is 1.76 bits per heavy atom. The zero-order chi connectivity index (χ0) is 15.4. The highest BCUT2D eigenvalue weighted by Gasteiger charge is 2.24. The minimum atomic E-state index is -1.15. The van der Waals surface area contributed by atoms with Gasteiger partial charge in [0.2, 0.25) is 0 Å². The Balaban J connectivity index is 1.93. The van der Waals surface area contributed by atoms with Crippen molar-refractivity contribution < 1.29 is 13.2 Å². The first-order valence-electron chi connectivity index (χ1n) is 7.64. The second kappa shape index (κ2) is 7.16. The quantitative estimate of drug-likeness (QED) is 0.826. The number of likely N-dealkylation sites (tertiary alicyclic amines) is 1. The highest BCUT2D eigenvalue weighted by Crippen LogP contribution is 2.25. The third-order valence-electron chi connectivity index (χ3n) is 4.27. The average molecular weight is 300 g/mol. The van der Waals surface area contributed by atoms with Crippen molar-refractivity contribution in [3.63, 3.8) is 0 Å². The number of piperidine rings is 1. The van der Waals surface area contributed by atoms with Crippen LogP contribution in [0.3, 0.4) is 0 Å². The van der Waals surface area contributed by atoms with Crippen LogP contribution in [0.15, 0.2) is 12.1 Å². The van der Waals surface area contributed by atoms with Crippen molar-refractivity contribution in [1.82, 2.24) is 4.90 Å². The van der Waals surface area contributed by atoms with Crippen molar-refractivity contribution in [2.75, 3.05) is 25.0 Å². The lowest BCUT2D eigenvalue weighted by molar-refractivity contribution is 0.176. The highest BCUT2D eigenvalue weighted by atomic mass is 19.2. The zero-order valence-corrected chi connectivity index (χ0v) is 12.6. The molecule has 1 aromatic rings. The number of benzene rings is 1. The van der Waals surface area contributed by atoms with Crippen LogP contribution >= 0.6 is 0 Å². The second-order valence-electron chi connectivity index (χ2n) is 5.86. The molecule has 21 heavy (non-hydrogen) atoms. The summed E-state index contributed by atoms with van der Waals surface area (Å²) in [5.41, 5.74) is 0.0392. The van der Waals surface area contributed by atoms with Crippen molar-refractivity contribution in [3.8, 4) is 0 Å². The molecule has 118 valence electrons. The largest absolute Gasteiger partial charge is 0.380 e. The van der Waals surface area contributed by atoms with Crippen LogP contribution in [0.2, 0.25) is 0 Å². The number of halogens is 3. The molecule has 1 saturated heterocycles. The Hall–Kier alpha value is -1.23. The molecule has 2 nitrogen and oxygen atoms in total. The molecule has 1 aromatic carbocycles. The maximum absolute atomic E-state index is 13.6. The van der Waals surface area contributed by atoms with E-state index in [0.29, 0.717) is 12.0 Å². The summed E-state index contributed by atoms with van der Waals surface area (Å²) in [6, 6.07) is 1.52. The van der Waals surface area contributed by atoms with Crippen molar-refractivity contribution in [2.45, 2.75) is 39.2 Å². The summed E-state index contributed by atoms with van der Waals surface area (Å²) in [6.07, 6.45) is 3.23. The van der Waals surface area contributed by atoms with Crippen LogP contribution in [0.5, 0.6) is 0 Å². The molecule has 0 aromatic heterocycles. The van der Waals surface area contributed by atoms with Gasteiger partial charge in [-0.15, -0.1) is 0 Å². The van der Waals surface area contributed by atoms with Gasteiger partial charge in [-0.25, -0.2) is 13.2 Å². The lowest BCUT2D eigenvalue weighted by Gasteiger charge is -2.35. The fourth-order valence-electron chi connectivity index (χ4n) is 2.99. The van der Waals surface area contributed by atoms with E-state index >= 15 is 0 Å². The molecule has 1 fully saturated rings. The molecule has 1 heterocycles. The van der Waals surface area contributed by atoms with Gasteiger partial charge in [0.1, 0.15) is 5.82 Å². The zero-order valence-electron chi connectivity index (χ0n) is 12.6. The van der Waals surface area contributed by atoms with Crippen LogP contribution in [-0.2, 0) is 0 Å². The van der Waals surface area contributed by atoms with Crippen LogP contribution in [0.4, 0.5) is 18.9 Å². The summed E-state index contributed by atoms with van der Waals surface area (Å²) in [5.74, 6) is -2.50. The molecule has 1 atom stereocenters. The SMILES string of the molecule is CCCN1CCC(C(C)Nc2cc(F)c(F)cc2F)CC1. The van der Waals surface area contributed by atoms with Gasteiger partial charge in [-0.2, -0.15) is 0 Å². The predicted octanol–water partition coefficient (Wildman–Crippen LogP) is 4.03. The molecule has 5 heteroatoms. The maximum Gasteiger partial charge on any atom is 0.161 e. The molecule has 1 N–H and O–H groups in total. The van der Waals surface area contributed by atoms with Crippen LogP contribution < -0.4 is 5.32 Å². The number of anilines is 1. The van der Waals surface area contributed by atoms with E-state index < -0.39 is 17.5 Å². The topological polar surface area (TPSA) is 15.3 Å². The smallest absolute Gasteiger partial charge is 0.161 e. The summed E-state index contributed by atoms with van der Waals surface area (Å²) in [4.78, 5) is 2.43. The molecular formula is C16H23F3N2. The Kier molecular flexibility index (Phi) is 5.51. The Bertz CT molecular complexity index is 471. The van der Waals surface area contributed by atoms with E-state index in [-0.39, 0.29) is 11.7 Å². The van der Waals surface area contributed by atoms with Crippen molar-refractivity contribution in [1.29, 1.82) is 0 Å². The molecule has 0 radical (unpaired) electrons. The minimum absolute atomic E-state index is 0.0353. The Morgan fingerprint density at radius 3 is 2.38 bits per heavy atom. The maximum atomic E-state index is 13.6. The van der Waals surface area contributed by atoms with Gasteiger partial charge in [0.15, 0.2) is 11.6 Å². The van der Waals surface area contributed by atoms with E-state index in [1.54, 1.807) is 0 Å². The molecule has 1 aliphatic heterocycles. The fraction of sp³-hybridized carbons (Fsp3) is 0.625. The van der Waals surface area contributed by atoms with Gasteiger partial charge in [-0.1, -0.05) is 6.92 Å². The molecule has 0 bridgehead atoms. The number of nitrogens with zero attached hydrogens (tertiary/aromatic N) is 1. The first-order valence-corrected chi connectivity index (χ1v) is 7.64. The van der Waals surface area contributed by atoms with Crippen molar-refractivity contribution >= 4 is 5.69 Å². The standard InChI is InChI=1S/C16H23F3N2/c1-3-6-21-7-4-12(5-8-21)11(2)20-16-10-14(18)13(17)9-15(16)19/h9-12,20H,3-8H2,1-2H3. The number of nitrogens with one attached hydrogen (secondary N) is 1. The lowest BCUT2D eigenvalue weighted by Crippen LogP contribution is -2.39. The predicted molar refractivity (Wildman–Crippen MR) is 78.9 cm³/mol. The van der Waals surface area contributed by atoms with Crippen LogP contribution in [0, 0.1) is 23.4 Å². The van der Waals surface area contributed by atoms with E-state index in [1.165, 1.54) is 0 Å². The summed E-state index contributed by atoms with van der Waals surface area (Å²) >= 11 is 0. The van der Waals surface area contributed by atoms with Gasteiger partial charge >= 0.3 is 0 Å². The summed E-state index contributed by atoms with van der Waals surface area (Å²) in [5, 5.41) is 2.99. The summed E-state index contributed by atoms with van der Waals surface area (Å²) in [7, 11) is 0. The van der Waals surface area contributed by atoms with Crippen molar-refractivity contribution in [2.24, 2.45) is 5.92 Å². The van der Waals surface area contributed by atoms with Crippen LogP contribution in [-0.4, -0.2) is 30.6 Å². The normalized spacial score (nSPS) is 18.7. The Labute approximate surface area is 124 Å². The average Bonchev–Trinajstić information content (AvgIpc) is 2.46. The van der Waals surface area contributed by atoms with E-state index in [0.717, 1.165) is 45.0 Å². The van der Waals surface area contributed by atoms with Gasteiger partial charge in [-0.05, 0) is 51.7 Å². The van der Waals surface area contributed by atoms with E-state index in [2.05, 4.69) is 17.1 Å². The monoisotopic (exact) mass is 300 g/mol. The van der Waals surface area contributed by atoms with E-state index in [9.17, 15) is 13.2 Å². The van der Waals surface area contributed by atoms with E-state index in [4.69, 9.17) is 0 Å². The molecule has 0 spiro atoms. The van der Waals surface area contributed by atoms with Gasteiger partial charge in [0, 0.05) is 18.2 Å². The number of hydrogen-bond acceptors (Lipinski definition) is 2. The lowest BCUT2D eigenvalue weighted by atomic mass is 9.90. The first-order chi connectivity index (χ1) is 10.0. The van der Waals surface area contributed by atoms with Gasteiger partial charge < -0.3 is 10.2 Å². The van der Waals surface area contributed by atoms with Gasteiger partial charge in [-0.3, -0.25) is 0 Å². The molecule has 1 unspecified atom stereocenters.